The quantitative estimate of drug-likeness (QED) is 0.520. The number of carbonyl (C=O) groups excluding carboxylic acids is 2. The Balaban J connectivity index is 2.04. The molecule has 0 aliphatic rings. The fourth-order valence-electron chi connectivity index (χ4n) is 3.32. The van der Waals surface area contributed by atoms with Crippen molar-refractivity contribution in [3.05, 3.63) is 40.1 Å². The van der Waals surface area contributed by atoms with Crippen molar-refractivity contribution in [2.24, 2.45) is 0 Å². The predicted molar refractivity (Wildman–Crippen MR) is 114 cm³/mol. The molecule has 0 radical (unpaired) electrons. The van der Waals surface area contributed by atoms with Crippen LogP contribution in [0.2, 0.25) is 0 Å². The summed E-state index contributed by atoms with van der Waals surface area (Å²) in [7, 11) is 3.00. The number of benzene rings is 1. The van der Waals surface area contributed by atoms with Crippen molar-refractivity contribution in [2.45, 2.75) is 33.2 Å². The summed E-state index contributed by atoms with van der Waals surface area (Å²) >= 11 is 0. The zero-order valence-electron chi connectivity index (χ0n) is 18.4. The van der Waals surface area contributed by atoms with Crippen LogP contribution in [0.25, 0.3) is 11.1 Å². The first kappa shape index (κ1) is 22.8. The number of esters is 1. The van der Waals surface area contributed by atoms with Gasteiger partial charge in [0.15, 0.2) is 0 Å². The molecular weight excluding hydrogens is 420 g/mol. The normalized spacial score (nSPS) is 11.8. The van der Waals surface area contributed by atoms with E-state index in [0.29, 0.717) is 17.2 Å². The van der Waals surface area contributed by atoms with Crippen LogP contribution in [0, 0.1) is 6.92 Å². The highest BCUT2D eigenvalue weighted by Crippen LogP contribution is 2.27. The second-order valence-corrected chi connectivity index (χ2v) is 6.78. The van der Waals surface area contributed by atoms with Crippen LogP contribution in [-0.4, -0.2) is 47.4 Å². The molecule has 1 atom stereocenters. The summed E-state index contributed by atoms with van der Waals surface area (Å²) in [4.78, 5) is 42.8. The molecule has 3 aromatic rings. The minimum atomic E-state index is -0.915. The fourth-order valence-corrected chi connectivity index (χ4v) is 3.32. The van der Waals surface area contributed by atoms with E-state index in [1.165, 1.54) is 18.8 Å². The van der Waals surface area contributed by atoms with Gasteiger partial charge in [-0.2, -0.15) is 4.98 Å². The van der Waals surface area contributed by atoms with E-state index < -0.39 is 23.5 Å². The minimum absolute atomic E-state index is 0.0976. The van der Waals surface area contributed by atoms with Crippen molar-refractivity contribution in [2.75, 3.05) is 26.1 Å². The van der Waals surface area contributed by atoms with Gasteiger partial charge in [-0.15, -0.1) is 0 Å². The molecule has 0 aliphatic heterocycles. The van der Waals surface area contributed by atoms with Gasteiger partial charge in [-0.25, -0.2) is 4.79 Å². The van der Waals surface area contributed by atoms with Gasteiger partial charge in [-0.05, 0) is 20.3 Å². The number of nitrogens with zero attached hydrogens (tertiary/aromatic N) is 3. The summed E-state index contributed by atoms with van der Waals surface area (Å²) in [5.74, 6) is -0.0375. The molecule has 0 fully saturated rings. The summed E-state index contributed by atoms with van der Waals surface area (Å²) in [5, 5.41) is 6.28. The molecule has 0 aliphatic carbocycles. The van der Waals surface area contributed by atoms with E-state index in [2.05, 4.69) is 15.5 Å². The number of fused-ring (bicyclic) bond motifs is 1. The molecule has 11 nitrogen and oxygen atoms in total. The highest BCUT2D eigenvalue weighted by molar-refractivity contribution is 6.00. The number of carbonyl (C=O) groups is 2. The van der Waals surface area contributed by atoms with Crippen LogP contribution in [0.4, 0.5) is 5.69 Å². The van der Waals surface area contributed by atoms with Gasteiger partial charge in [0, 0.05) is 23.9 Å². The molecule has 0 bridgehead atoms. The third-order valence-electron chi connectivity index (χ3n) is 4.81. The van der Waals surface area contributed by atoms with Crippen LogP contribution in [0.15, 0.2) is 27.5 Å². The SMILES string of the molecule is CCOC(=O)c1noc2nc(C)n(C(CC)C(=O)Nc3cc(OC)cc(OC)c3)c(=O)c12. The lowest BCUT2D eigenvalue weighted by Crippen LogP contribution is -2.35. The van der Waals surface area contributed by atoms with Gasteiger partial charge in [0.1, 0.15) is 28.8 Å². The summed E-state index contributed by atoms with van der Waals surface area (Å²) < 4.78 is 21.7. The molecule has 1 amide bonds. The maximum atomic E-state index is 13.3. The molecule has 1 N–H and O–H groups in total. The predicted octanol–water partition coefficient (Wildman–Crippen LogP) is 2.48. The second kappa shape index (κ2) is 9.50. The summed E-state index contributed by atoms with van der Waals surface area (Å²) in [6.45, 7) is 5.06. The topological polar surface area (TPSA) is 135 Å². The van der Waals surface area contributed by atoms with Crippen molar-refractivity contribution < 1.29 is 28.3 Å². The van der Waals surface area contributed by atoms with E-state index >= 15 is 0 Å². The lowest BCUT2D eigenvalue weighted by atomic mass is 10.1. The molecule has 0 saturated heterocycles. The number of aryl methyl sites for hydroxylation is 1. The number of hydrogen-bond donors (Lipinski definition) is 1. The number of aromatic nitrogens is 3. The number of anilines is 1. The van der Waals surface area contributed by atoms with Crippen LogP contribution in [-0.2, 0) is 9.53 Å². The zero-order chi connectivity index (χ0) is 23.4. The maximum Gasteiger partial charge on any atom is 0.361 e. The standard InChI is InChI=1S/C21H24N4O7/c1-6-15(18(26)23-12-8-13(29-4)10-14(9-12)30-5)25-11(3)22-19-16(20(25)27)17(24-32-19)21(28)31-7-2/h8-10,15H,6-7H2,1-5H3,(H,23,26). The number of ether oxygens (including phenoxy) is 3. The van der Waals surface area contributed by atoms with E-state index in [1.807, 2.05) is 0 Å². The molecular formula is C21H24N4O7. The molecule has 32 heavy (non-hydrogen) atoms. The Bertz CT molecular complexity index is 1190. The average Bonchev–Trinajstić information content (AvgIpc) is 3.20. The molecule has 1 unspecified atom stereocenters. The summed E-state index contributed by atoms with van der Waals surface area (Å²) in [6.07, 6.45) is 0.279. The number of hydrogen-bond acceptors (Lipinski definition) is 9. The number of rotatable bonds is 8. The third kappa shape index (κ3) is 4.27. The van der Waals surface area contributed by atoms with Gasteiger partial charge in [0.05, 0.1) is 20.8 Å². The molecule has 2 aromatic heterocycles. The first-order valence-corrected chi connectivity index (χ1v) is 9.94. The lowest BCUT2D eigenvalue weighted by Gasteiger charge is -2.20. The van der Waals surface area contributed by atoms with Gasteiger partial charge in [-0.1, -0.05) is 12.1 Å². The maximum absolute atomic E-state index is 13.3. The second-order valence-electron chi connectivity index (χ2n) is 6.78. The number of methoxy groups -OCH3 is 2. The Kier molecular flexibility index (Phi) is 6.76. The van der Waals surface area contributed by atoms with Crippen LogP contribution in [0.3, 0.4) is 0 Å². The van der Waals surface area contributed by atoms with Crippen LogP contribution in [0.1, 0.15) is 42.6 Å². The van der Waals surface area contributed by atoms with Gasteiger partial charge < -0.3 is 24.1 Å². The molecule has 11 heteroatoms. The van der Waals surface area contributed by atoms with Crippen molar-refractivity contribution in [1.82, 2.24) is 14.7 Å². The Morgan fingerprint density at radius 1 is 1.16 bits per heavy atom. The van der Waals surface area contributed by atoms with Crippen molar-refractivity contribution in [1.29, 1.82) is 0 Å². The molecule has 1 aromatic carbocycles. The lowest BCUT2D eigenvalue weighted by molar-refractivity contribution is -0.119. The van der Waals surface area contributed by atoms with Crippen molar-refractivity contribution in [3.8, 4) is 11.5 Å². The third-order valence-corrected chi connectivity index (χ3v) is 4.81. The van der Waals surface area contributed by atoms with E-state index in [1.54, 1.807) is 39.0 Å². The minimum Gasteiger partial charge on any atom is -0.497 e. The molecule has 2 heterocycles. The first-order valence-electron chi connectivity index (χ1n) is 9.94. The highest BCUT2D eigenvalue weighted by Gasteiger charge is 2.28. The largest absolute Gasteiger partial charge is 0.497 e. The number of nitrogens with one attached hydrogen (secondary N) is 1. The van der Waals surface area contributed by atoms with E-state index in [0.717, 1.165) is 0 Å². The average molecular weight is 444 g/mol. The van der Waals surface area contributed by atoms with Gasteiger partial charge in [0.2, 0.25) is 11.6 Å². The van der Waals surface area contributed by atoms with Crippen LogP contribution < -0.4 is 20.3 Å². The van der Waals surface area contributed by atoms with Gasteiger partial charge in [0.25, 0.3) is 11.3 Å². The van der Waals surface area contributed by atoms with E-state index in [4.69, 9.17) is 18.7 Å². The highest BCUT2D eigenvalue weighted by atomic mass is 16.5. The zero-order valence-corrected chi connectivity index (χ0v) is 18.4. The Morgan fingerprint density at radius 2 is 1.81 bits per heavy atom. The van der Waals surface area contributed by atoms with Gasteiger partial charge >= 0.3 is 5.97 Å². The van der Waals surface area contributed by atoms with Crippen LogP contribution in [0.5, 0.6) is 11.5 Å². The van der Waals surface area contributed by atoms with Crippen molar-refractivity contribution in [3.63, 3.8) is 0 Å². The Morgan fingerprint density at radius 3 is 2.38 bits per heavy atom. The fraction of sp³-hybridized carbons (Fsp3) is 0.381. The van der Waals surface area contributed by atoms with E-state index in [-0.39, 0.29) is 35.6 Å². The summed E-state index contributed by atoms with van der Waals surface area (Å²) in [5.41, 5.74) is -0.566. The summed E-state index contributed by atoms with van der Waals surface area (Å²) in [6, 6.07) is 4.01. The molecule has 0 spiro atoms. The molecule has 3 rings (SSSR count). The van der Waals surface area contributed by atoms with Crippen LogP contribution >= 0.6 is 0 Å². The number of amides is 1. The van der Waals surface area contributed by atoms with Crippen molar-refractivity contribution >= 4 is 28.7 Å². The Labute approximate surface area is 183 Å². The van der Waals surface area contributed by atoms with E-state index in [9.17, 15) is 14.4 Å². The molecule has 0 saturated carbocycles. The molecule has 170 valence electrons. The first-order chi connectivity index (χ1) is 15.3. The Hall–Kier alpha value is -3.89. The van der Waals surface area contributed by atoms with Gasteiger partial charge in [-0.3, -0.25) is 14.2 Å². The monoisotopic (exact) mass is 444 g/mol. The smallest absolute Gasteiger partial charge is 0.361 e.